The summed E-state index contributed by atoms with van der Waals surface area (Å²) >= 11 is 6.30. The average molecular weight is 436 g/mol. The van der Waals surface area contributed by atoms with Crippen LogP contribution >= 0.6 is 11.6 Å². The number of Topliss-reactive ketones (excluding diaryl/α,β-unsaturated/α-hetero) is 1. The molecule has 31 heavy (non-hydrogen) atoms. The van der Waals surface area contributed by atoms with Crippen LogP contribution in [0.3, 0.4) is 0 Å². The van der Waals surface area contributed by atoms with Crippen LogP contribution in [0, 0.1) is 25.2 Å². The van der Waals surface area contributed by atoms with Crippen molar-refractivity contribution >= 4 is 35.0 Å². The number of quaternary nitrogens is 1. The van der Waals surface area contributed by atoms with Crippen LogP contribution in [-0.4, -0.2) is 58.9 Å². The molecule has 5 rings (SSSR count). The quantitative estimate of drug-likeness (QED) is 0.420. The van der Waals surface area contributed by atoms with Crippen molar-refractivity contribution in [2.45, 2.75) is 25.9 Å². The third-order valence-corrected chi connectivity index (χ3v) is 7.27. The van der Waals surface area contributed by atoms with Crippen molar-refractivity contribution in [2.24, 2.45) is 0 Å². The Morgan fingerprint density at radius 2 is 1.97 bits per heavy atom. The molecule has 4 unspecified atom stereocenters. The van der Waals surface area contributed by atoms with Gasteiger partial charge >= 0.3 is 6.03 Å². The molecule has 3 saturated heterocycles. The normalized spacial score (nSPS) is 28.7. The van der Waals surface area contributed by atoms with Gasteiger partial charge in [0.15, 0.2) is 12.1 Å². The maximum atomic E-state index is 13.8. The van der Waals surface area contributed by atoms with E-state index in [-0.39, 0.29) is 26.8 Å². The van der Waals surface area contributed by atoms with Crippen molar-refractivity contribution in [2.75, 3.05) is 24.7 Å². The number of carbonyl (C=O) groups is 3. The summed E-state index contributed by atoms with van der Waals surface area (Å²) in [4.78, 5) is 43.8. The van der Waals surface area contributed by atoms with Crippen molar-refractivity contribution in [3.8, 4) is 6.07 Å². The van der Waals surface area contributed by atoms with Gasteiger partial charge in [-0.3, -0.25) is 9.59 Å². The van der Waals surface area contributed by atoms with Gasteiger partial charge in [-0.2, -0.15) is 10.2 Å². The molecular weight excluding hydrogens is 416 g/mol. The molecule has 2 bridgehead atoms. The molecule has 8 heteroatoms. The summed E-state index contributed by atoms with van der Waals surface area (Å²) in [5.41, 5.74) is 2.69. The van der Waals surface area contributed by atoms with Crippen LogP contribution in [0.2, 0.25) is 5.02 Å². The van der Waals surface area contributed by atoms with Gasteiger partial charge in [0.1, 0.15) is 12.7 Å². The van der Waals surface area contributed by atoms with E-state index in [0.717, 1.165) is 5.56 Å². The van der Waals surface area contributed by atoms with E-state index in [4.69, 9.17) is 11.6 Å². The fourth-order valence-corrected chi connectivity index (χ4v) is 5.46. The van der Waals surface area contributed by atoms with Gasteiger partial charge in [0.05, 0.1) is 29.4 Å². The smallest absolute Gasteiger partial charge is 0.287 e. The number of piperazine rings is 1. The number of nitriles is 1. The second-order valence-corrected chi connectivity index (χ2v) is 8.89. The second kappa shape index (κ2) is 6.72. The van der Waals surface area contributed by atoms with E-state index >= 15 is 0 Å². The molecule has 0 saturated carbocycles. The van der Waals surface area contributed by atoms with Gasteiger partial charge in [-0.15, -0.1) is 0 Å². The van der Waals surface area contributed by atoms with E-state index in [1.54, 1.807) is 19.1 Å². The molecule has 0 radical (unpaired) electrons. The summed E-state index contributed by atoms with van der Waals surface area (Å²) in [6.07, 6.45) is 0. The van der Waals surface area contributed by atoms with Gasteiger partial charge in [-0.1, -0.05) is 35.4 Å². The number of imide groups is 1. The van der Waals surface area contributed by atoms with Crippen LogP contribution in [-0.2, 0) is 4.79 Å². The third-order valence-electron chi connectivity index (χ3n) is 6.79. The largest absolute Gasteiger partial charge is 0.433 e. The fraction of sp³-hybridized carbons (Fsp3) is 0.304. The molecule has 3 heterocycles. The third kappa shape index (κ3) is 2.56. The Morgan fingerprint density at radius 3 is 2.68 bits per heavy atom. The Hall–Kier alpha value is -3.05. The van der Waals surface area contributed by atoms with Crippen LogP contribution in [0.5, 0.6) is 0 Å². The summed E-state index contributed by atoms with van der Waals surface area (Å²) in [6, 6.07) is 10.8. The average Bonchev–Trinajstić information content (AvgIpc) is 3.39. The predicted octanol–water partition coefficient (Wildman–Crippen LogP) is 3.02. The Kier molecular flexibility index (Phi) is 4.31. The molecule has 2 aromatic rings. The van der Waals surface area contributed by atoms with E-state index in [2.05, 4.69) is 0 Å². The van der Waals surface area contributed by atoms with Gasteiger partial charge in [0, 0.05) is 5.56 Å². The summed E-state index contributed by atoms with van der Waals surface area (Å²) in [6.45, 7) is 4.84. The first kappa shape index (κ1) is 19.9. The van der Waals surface area contributed by atoms with E-state index in [1.807, 2.05) is 36.1 Å². The highest BCUT2D eigenvalue weighted by Gasteiger charge is 2.73. The number of carbonyl (C=O) groups excluding carboxylic acids is 3. The van der Waals surface area contributed by atoms with Crippen LogP contribution in [0.4, 0.5) is 10.5 Å². The molecule has 2 aromatic carbocycles. The van der Waals surface area contributed by atoms with Crippen molar-refractivity contribution in [3.63, 3.8) is 0 Å². The van der Waals surface area contributed by atoms with Gasteiger partial charge in [-0.25, -0.2) is 14.2 Å². The molecule has 3 aliphatic heterocycles. The Balaban J connectivity index is 1.58. The number of halogens is 1. The minimum absolute atomic E-state index is 0.117. The summed E-state index contributed by atoms with van der Waals surface area (Å²) in [5, 5.41) is 9.44. The topological polar surface area (TPSA) is 81.5 Å². The van der Waals surface area contributed by atoms with Crippen LogP contribution < -0.4 is 4.90 Å². The molecule has 156 valence electrons. The number of hydrogen-bond acceptors (Lipinski definition) is 5. The number of anilines is 1. The van der Waals surface area contributed by atoms with Gasteiger partial charge in [-0.05, 0) is 37.6 Å². The number of aryl methyl sites for hydroxylation is 1. The molecule has 0 N–H and O–H groups in total. The molecule has 1 spiro atoms. The van der Waals surface area contributed by atoms with E-state index in [0.29, 0.717) is 36.6 Å². The minimum Gasteiger partial charge on any atom is -0.287 e. The van der Waals surface area contributed by atoms with E-state index < -0.39 is 18.1 Å². The molecule has 4 atom stereocenters. The Labute approximate surface area is 184 Å². The Morgan fingerprint density at radius 1 is 1.19 bits per heavy atom. The molecule has 3 aliphatic rings. The zero-order chi connectivity index (χ0) is 22.1. The van der Waals surface area contributed by atoms with E-state index in [1.165, 1.54) is 11.0 Å². The molecule has 7 nitrogen and oxygen atoms in total. The number of rotatable bonds is 3. The summed E-state index contributed by atoms with van der Waals surface area (Å²) in [5.74, 6) is -0.438. The molecule has 0 aromatic heterocycles. The van der Waals surface area contributed by atoms with Crippen LogP contribution in [0.25, 0.3) is 0 Å². The van der Waals surface area contributed by atoms with Gasteiger partial charge in [0.2, 0.25) is 5.78 Å². The molecular formula is C23H20ClN4O3+. The van der Waals surface area contributed by atoms with Crippen molar-refractivity contribution in [3.05, 3.63) is 63.7 Å². The number of urea groups is 1. The first-order valence-corrected chi connectivity index (χ1v) is 10.5. The van der Waals surface area contributed by atoms with Crippen molar-refractivity contribution in [1.82, 2.24) is 4.90 Å². The lowest BCUT2D eigenvalue weighted by atomic mass is 9.98. The lowest BCUT2D eigenvalue weighted by molar-refractivity contribution is -0.852. The number of amides is 3. The predicted molar refractivity (Wildman–Crippen MR) is 114 cm³/mol. The lowest BCUT2D eigenvalue weighted by Crippen LogP contribution is -2.62. The van der Waals surface area contributed by atoms with Crippen LogP contribution in [0.15, 0.2) is 36.4 Å². The fourth-order valence-electron chi connectivity index (χ4n) is 5.26. The maximum absolute atomic E-state index is 13.8. The zero-order valence-electron chi connectivity index (χ0n) is 17.1. The summed E-state index contributed by atoms with van der Waals surface area (Å²) in [7, 11) is 0. The maximum Gasteiger partial charge on any atom is 0.433 e. The van der Waals surface area contributed by atoms with Crippen LogP contribution in [0.1, 0.15) is 27.0 Å². The first-order chi connectivity index (χ1) is 14.8. The van der Waals surface area contributed by atoms with E-state index in [9.17, 15) is 19.6 Å². The highest BCUT2D eigenvalue weighted by molar-refractivity contribution is 6.33. The zero-order valence-corrected chi connectivity index (χ0v) is 17.9. The number of benzene rings is 2. The standard InChI is InChI=1S/C23H20ClN4O3/c1-13-4-3-5-15(8-13)21(29)18-10-26-11-19-22(30)27(23(31)28(18,19)12-26)17-7-6-16(9-25)20(24)14(17)2/h3-8,18-19H,10-12H2,1-2H3/q+1. The lowest BCUT2D eigenvalue weighted by Gasteiger charge is -2.32. The Bertz CT molecular complexity index is 1220. The number of hydrogen-bond donors (Lipinski definition) is 0. The van der Waals surface area contributed by atoms with Gasteiger partial charge < -0.3 is 0 Å². The molecule has 3 fully saturated rings. The van der Waals surface area contributed by atoms with Crippen molar-refractivity contribution in [1.29, 1.82) is 5.26 Å². The number of ketones is 1. The summed E-state index contributed by atoms with van der Waals surface area (Å²) < 4.78 is -0.192. The second-order valence-electron chi connectivity index (χ2n) is 8.51. The number of nitrogens with zero attached hydrogens (tertiary/aromatic N) is 4. The highest BCUT2D eigenvalue weighted by atomic mass is 35.5. The monoisotopic (exact) mass is 435 g/mol. The van der Waals surface area contributed by atoms with Gasteiger partial charge in [0.25, 0.3) is 5.91 Å². The molecule has 0 aliphatic carbocycles. The minimum atomic E-state index is -0.629. The SMILES string of the molecule is Cc1cccc(C(=O)C2CN3CC4C(=O)N(c5ccc(C#N)c(Cl)c5C)C(=O)[N+]24C3)c1. The molecule has 3 amide bonds. The first-order valence-electron chi connectivity index (χ1n) is 10.1. The highest BCUT2D eigenvalue weighted by Crippen LogP contribution is 2.45. The van der Waals surface area contributed by atoms with Crippen molar-refractivity contribution < 1.29 is 18.9 Å². The number of fused-ring (bicyclic) bond motifs is 1.